The molecular formula is C14H18ClNO4. The predicted molar refractivity (Wildman–Crippen MR) is 76.4 cm³/mol. The van der Waals surface area contributed by atoms with Gasteiger partial charge < -0.3 is 15.2 Å². The van der Waals surface area contributed by atoms with E-state index in [0.717, 1.165) is 6.42 Å². The van der Waals surface area contributed by atoms with Crippen molar-refractivity contribution in [2.75, 3.05) is 0 Å². The zero-order chi connectivity index (χ0) is 15.3. The Balaban J connectivity index is 2.86. The Morgan fingerprint density at radius 1 is 1.40 bits per heavy atom. The van der Waals surface area contributed by atoms with Gasteiger partial charge in [0.05, 0.1) is 5.02 Å². The standard InChI is InChI=1S/C14H18ClNO4/c1-4-8(2)16-13(17)9(3)20-11-7-5-6-10(15)12(11)14(18)19/h5-9H,4H2,1-3H3,(H,16,17)(H,18,19). The molecule has 0 fully saturated rings. The lowest BCUT2D eigenvalue weighted by Crippen LogP contribution is -2.41. The Hall–Kier alpha value is -1.75. The van der Waals surface area contributed by atoms with Crippen LogP contribution in [0.3, 0.4) is 0 Å². The van der Waals surface area contributed by atoms with E-state index in [0.29, 0.717) is 0 Å². The minimum absolute atomic E-state index is 0.0341. The van der Waals surface area contributed by atoms with Gasteiger partial charge in [0, 0.05) is 6.04 Å². The van der Waals surface area contributed by atoms with E-state index in [1.54, 1.807) is 13.0 Å². The number of carboxylic acids is 1. The number of carbonyl (C=O) groups excluding carboxylic acids is 1. The van der Waals surface area contributed by atoms with Crippen molar-refractivity contribution in [3.8, 4) is 5.75 Å². The zero-order valence-electron chi connectivity index (χ0n) is 11.6. The number of amides is 1. The first-order valence-electron chi connectivity index (χ1n) is 6.35. The van der Waals surface area contributed by atoms with Crippen LogP contribution in [0.25, 0.3) is 0 Å². The molecule has 0 spiro atoms. The normalized spacial score (nSPS) is 13.4. The average Bonchev–Trinajstić information content (AvgIpc) is 2.37. The third-order valence-corrected chi connectivity index (χ3v) is 3.18. The predicted octanol–water partition coefficient (Wildman–Crippen LogP) is 2.72. The Labute approximate surface area is 122 Å². The third-order valence-electron chi connectivity index (χ3n) is 2.86. The molecule has 0 saturated carbocycles. The van der Waals surface area contributed by atoms with Gasteiger partial charge in [-0.1, -0.05) is 24.6 Å². The molecule has 0 heterocycles. The summed E-state index contributed by atoms with van der Waals surface area (Å²) in [4.78, 5) is 23.0. The van der Waals surface area contributed by atoms with Crippen molar-refractivity contribution in [3.63, 3.8) is 0 Å². The number of hydrogen-bond donors (Lipinski definition) is 2. The second-order valence-corrected chi connectivity index (χ2v) is 4.90. The topological polar surface area (TPSA) is 75.6 Å². The fraction of sp³-hybridized carbons (Fsp3) is 0.429. The number of rotatable bonds is 6. The molecule has 1 aromatic carbocycles. The summed E-state index contributed by atoms with van der Waals surface area (Å²) in [5.41, 5.74) is -0.141. The molecule has 20 heavy (non-hydrogen) atoms. The van der Waals surface area contributed by atoms with Crippen LogP contribution in [0.2, 0.25) is 5.02 Å². The van der Waals surface area contributed by atoms with Gasteiger partial charge in [0.1, 0.15) is 11.3 Å². The van der Waals surface area contributed by atoms with Crippen LogP contribution >= 0.6 is 11.6 Å². The summed E-state index contributed by atoms with van der Waals surface area (Å²) in [7, 11) is 0. The van der Waals surface area contributed by atoms with E-state index >= 15 is 0 Å². The van der Waals surface area contributed by atoms with Crippen LogP contribution in [0.4, 0.5) is 0 Å². The van der Waals surface area contributed by atoms with Crippen molar-refractivity contribution < 1.29 is 19.4 Å². The van der Waals surface area contributed by atoms with Crippen LogP contribution in [0.5, 0.6) is 5.75 Å². The molecule has 6 heteroatoms. The molecule has 1 rings (SSSR count). The molecular weight excluding hydrogens is 282 g/mol. The SMILES string of the molecule is CCC(C)NC(=O)C(C)Oc1cccc(Cl)c1C(=O)O. The lowest BCUT2D eigenvalue weighted by molar-refractivity contribution is -0.127. The number of hydrogen-bond acceptors (Lipinski definition) is 3. The molecule has 0 aliphatic heterocycles. The van der Waals surface area contributed by atoms with Gasteiger partial charge in [-0.25, -0.2) is 4.79 Å². The van der Waals surface area contributed by atoms with Crippen molar-refractivity contribution in [1.82, 2.24) is 5.32 Å². The van der Waals surface area contributed by atoms with Crippen LogP contribution in [-0.2, 0) is 4.79 Å². The van der Waals surface area contributed by atoms with E-state index in [4.69, 9.17) is 21.4 Å². The Kier molecular flexibility index (Phi) is 5.82. The van der Waals surface area contributed by atoms with Gasteiger partial charge in [-0.3, -0.25) is 4.79 Å². The van der Waals surface area contributed by atoms with Crippen molar-refractivity contribution in [1.29, 1.82) is 0 Å². The summed E-state index contributed by atoms with van der Waals surface area (Å²) < 4.78 is 5.42. The van der Waals surface area contributed by atoms with Crippen LogP contribution in [0.15, 0.2) is 18.2 Å². The van der Waals surface area contributed by atoms with Crippen LogP contribution < -0.4 is 10.1 Å². The lowest BCUT2D eigenvalue weighted by atomic mass is 10.2. The fourth-order valence-electron chi connectivity index (χ4n) is 1.52. The van der Waals surface area contributed by atoms with E-state index in [2.05, 4.69) is 5.32 Å². The van der Waals surface area contributed by atoms with Gasteiger partial charge in [0.15, 0.2) is 6.10 Å². The molecule has 2 N–H and O–H groups in total. The molecule has 0 radical (unpaired) electrons. The number of carbonyl (C=O) groups is 2. The van der Waals surface area contributed by atoms with Gasteiger partial charge in [-0.05, 0) is 32.4 Å². The first-order valence-corrected chi connectivity index (χ1v) is 6.73. The Morgan fingerprint density at radius 2 is 2.05 bits per heavy atom. The second-order valence-electron chi connectivity index (χ2n) is 4.50. The smallest absolute Gasteiger partial charge is 0.341 e. The number of ether oxygens (including phenoxy) is 1. The minimum atomic E-state index is -1.19. The van der Waals surface area contributed by atoms with E-state index in [9.17, 15) is 9.59 Å². The highest BCUT2D eigenvalue weighted by Crippen LogP contribution is 2.27. The molecule has 0 bridgehead atoms. The van der Waals surface area contributed by atoms with E-state index in [1.165, 1.54) is 12.1 Å². The number of halogens is 1. The number of benzene rings is 1. The monoisotopic (exact) mass is 299 g/mol. The molecule has 0 saturated heterocycles. The number of nitrogens with one attached hydrogen (secondary N) is 1. The molecule has 0 aromatic heterocycles. The summed E-state index contributed by atoms with van der Waals surface area (Å²) in [5.74, 6) is -1.41. The van der Waals surface area contributed by atoms with Crippen molar-refractivity contribution in [3.05, 3.63) is 28.8 Å². The molecule has 2 atom stereocenters. The summed E-state index contributed by atoms with van der Waals surface area (Å²) in [6, 6.07) is 4.54. The van der Waals surface area contributed by atoms with Gasteiger partial charge in [-0.15, -0.1) is 0 Å². The highest BCUT2D eigenvalue weighted by atomic mass is 35.5. The van der Waals surface area contributed by atoms with Crippen LogP contribution in [0.1, 0.15) is 37.6 Å². The first-order chi connectivity index (χ1) is 9.36. The second kappa shape index (κ2) is 7.14. The number of carboxylic acid groups (broad SMARTS) is 1. The molecule has 1 amide bonds. The molecule has 5 nitrogen and oxygen atoms in total. The van der Waals surface area contributed by atoms with Gasteiger partial charge in [0.25, 0.3) is 5.91 Å². The first kappa shape index (κ1) is 16.3. The summed E-state index contributed by atoms with van der Waals surface area (Å²) in [5, 5.41) is 12.0. The van der Waals surface area contributed by atoms with Gasteiger partial charge in [0.2, 0.25) is 0 Å². The maximum absolute atomic E-state index is 11.9. The van der Waals surface area contributed by atoms with Crippen LogP contribution in [-0.4, -0.2) is 29.1 Å². The van der Waals surface area contributed by atoms with Crippen molar-refractivity contribution in [2.24, 2.45) is 0 Å². The quantitative estimate of drug-likeness (QED) is 0.847. The molecule has 2 unspecified atom stereocenters. The maximum Gasteiger partial charge on any atom is 0.341 e. The Morgan fingerprint density at radius 3 is 2.60 bits per heavy atom. The highest BCUT2D eigenvalue weighted by molar-refractivity contribution is 6.33. The van der Waals surface area contributed by atoms with E-state index in [1.807, 2.05) is 13.8 Å². The maximum atomic E-state index is 11.9. The van der Waals surface area contributed by atoms with Crippen LogP contribution in [0, 0.1) is 0 Å². The largest absolute Gasteiger partial charge is 0.480 e. The molecule has 110 valence electrons. The average molecular weight is 300 g/mol. The molecule has 0 aliphatic rings. The zero-order valence-corrected chi connectivity index (χ0v) is 12.4. The third kappa shape index (κ3) is 4.13. The molecule has 0 aliphatic carbocycles. The minimum Gasteiger partial charge on any atom is -0.480 e. The fourth-order valence-corrected chi connectivity index (χ4v) is 1.76. The van der Waals surface area contributed by atoms with Crippen molar-refractivity contribution >= 4 is 23.5 Å². The number of aromatic carboxylic acids is 1. The Bertz CT molecular complexity index is 504. The summed E-state index contributed by atoms with van der Waals surface area (Å²) >= 11 is 5.83. The molecule has 1 aromatic rings. The van der Waals surface area contributed by atoms with Gasteiger partial charge >= 0.3 is 5.97 Å². The van der Waals surface area contributed by atoms with Gasteiger partial charge in [-0.2, -0.15) is 0 Å². The van der Waals surface area contributed by atoms with E-state index in [-0.39, 0.29) is 28.3 Å². The lowest BCUT2D eigenvalue weighted by Gasteiger charge is -2.19. The summed E-state index contributed by atoms with van der Waals surface area (Å²) in [6.07, 6.45) is -0.00344. The van der Waals surface area contributed by atoms with E-state index < -0.39 is 12.1 Å². The summed E-state index contributed by atoms with van der Waals surface area (Å²) in [6.45, 7) is 5.40. The van der Waals surface area contributed by atoms with Crippen molar-refractivity contribution in [2.45, 2.75) is 39.3 Å². The highest BCUT2D eigenvalue weighted by Gasteiger charge is 2.21.